The van der Waals surface area contributed by atoms with Gasteiger partial charge in [-0.05, 0) is 65.8 Å². The first-order valence-electron chi connectivity index (χ1n) is 9.13. The van der Waals surface area contributed by atoms with Crippen molar-refractivity contribution in [3.63, 3.8) is 0 Å². The first-order chi connectivity index (χ1) is 13.1. The predicted molar refractivity (Wildman–Crippen MR) is 123 cm³/mol. The van der Waals surface area contributed by atoms with E-state index in [1.54, 1.807) is 11.9 Å². The van der Waals surface area contributed by atoms with Crippen molar-refractivity contribution in [2.75, 3.05) is 4.72 Å². The quantitative estimate of drug-likeness (QED) is 0.378. The molecule has 140 valence electrons. The zero-order valence-corrected chi connectivity index (χ0v) is 16.9. The Balaban J connectivity index is 2.12. The van der Waals surface area contributed by atoms with Crippen molar-refractivity contribution in [3.8, 4) is 0 Å². The summed E-state index contributed by atoms with van der Waals surface area (Å²) >= 11 is 1.58. The largest absolute Gasteiger partial charge is 0.326 e. The third kappa shape index (κ3) is 5.75. The number of rotatable bonds is 9. The molecule has 0 aromatic heterocycles. The van der Waals surface area contributed by atoms with Crippen molar-refractivity contribution in [2.24, 2.45) is 5.73 Å². The number of anilines is 1. The molecular formula is C24H28N2S. The van der Waals surface area contributed by atoms with Gasteiger partial charge in [-0.15, -0.1) is 0 Å². The molecule has 0 aliphatic rings. The van der Waals surface area contributed by atoms with Gasteiger partial charge < -0.3 is 10.5 Å². The molecule has 0 spiro atoms. The third-order valence-electron chi connectivity index (χ3n) is 4.31. The van der Waals surface area contributed by atoms with Crippen LogP contribution in [0.1, 0.15) is 31.4 Å². The van der Waals surface area contributed by atoms with Crippen LogP contribution in [0.4, 0.5) is 5.69 Å². The molecule has 0 saturated carbocycles. The summed E-state index contributed by atoms with van der Waals surface area (Å²) in [6.07, 6.45) is 8.83. The van der Waals surface area contributed by atoms with Gasteiger partial charge in [-0.2, -0.15) is 0 Å². The van der Waals surface area contributed by atoms with Gasteiger partial charge in [-0.25, -0.2) is 0 Å². The van der Waals surface area contributed by atoms with Crippen LogP contribution < -0.4 is 10.5 Å². The highest BCUT2D eigenvalue weighted by Gasteiger charge is 2.11. The van der Waals surface area contributed by atoms with Crippen LogP contribution >= 0.6 is 11.9 Å². The molecule has 0 bridgehead atoms. The maximum atomic E-state index is 6.17. The van der Waals surface area contributed by atoms with Gasteiger partial charge in [0.05, 0.1) is 0 Å². The average molecular weight is 377 g/mol. The van der Waals surface area contributed by atoms with Gasteiger partial charge in [0.25, 0.3) is 0 Å². The minimum atomic E-state index is -0.0210. The highest BCUT2D eigenvalue weighted by Crippen LogP contribution is 2.30. The SMILES string of the molecule is C=C/C(=C\C=C/C)c1ccc(NSc2ccccc2C(=C)C(N)CC)cc1. The topological polar surface area (TPSA) is 38.0 Å². The maximum absolute atomic E-state index is 6.17. The van der Waals surface area contributed by atoms with Gasteiger partial charge >= 0.3 is 0 Å². The monoisotopic (exact) mass is 376 g/mol. The van der Waals surface area contributed by atoms with Crippen molar-refractivity contribution in [1.82, 2.24) is 0 Å². The Bertz CT molecular complexity index is 832. The molecule has 0 radical (unpaired) electrons. The number of nitrogens with two attached hydrogens (primary N) is 1. The van der Waals surface area contributed by atoms with Crippen molar-refractivity contribution < 1.29 is 0 Å². The predicted octanol–water partition coefficient (Wildman–Crippen LogP) is 6.70. The fraction of sp³-hybridized carbons (Fsp3) is 0.167. The molecule has 2 nitrogen and oxygen atoms in total. The lowest BCUT2D eigenvalue weighted by Crippen LogP contribution is -2.20. The standard InChI is InChI=1S/C24H28N2S/c1-5-8-11-19(6-2)20-14-16-21(17-15-20)26-27-24-13-10-9-12-22(24)18(4)23(25)7-3/h5-6,8-17,23,26H,2,4,7,25H2,1,3H3/b8-5-,19-11+. The molecule has 1 unspecified atom stereocenters. The van der Waals surface area contributed by atoms with E-state index < -0.39 is 0 Å². The van der Waals surface area contributed by atoms with E-state index in [0.29, 0.717) is 0 Å². The number of hydrogen-bond acceptors (Lipinski definition) is 3. The van der Waals surface area contributed by atoms with Gasteiger partial charge in [0.2, 0.25) is 0 Å². The third-order valence-corrected chi connectivity index (χ3v) is 5.22. The Morgan fingerprint density at radius 1 is 1.19 bits per heavy atom. The zero-order chi connectivity index (χ0) is 19.6. The molecule has 0 aliphatic heterocycles. The number of allylic oxidation sites excluding steroid dienone is 5. The molecule has 0 heterocycles. The van der Waals surface area contributed by atoms with Gasteiger partial charge in [-0.1, -0.05) is 74.7 Å². The fourth-order valence-corrected chi connectivity index (χ4v) is 3.41. The molecule has 0 fully saturated rings. The van der Waals surface area contributed by atoms with Crippen LogP contribution in [0.2, 0.25) is 0 Å². The van der Waals surface area contributed by atoms with E-state index in [-0.39, 0.29) is 6.04 Å². The summed E-state index contributed by atoms with van der Waals surface area (Å²) in [5.74, 6) is 0. The Morgan fingerprint density at radius 3 is 2.52 bits per heavy atom. The summed E-state index contributed by atoms with van der Waals surface area (Å²) < 4.78 is 3.42. The number of nitrogens with one attached hydrogen (secondary N) is 1. The average Bonchev–Trinajstić information content (AvgIpc) is 2.72. The molecule has 2 aromatic carbocycles. The van der Waals surface area contributed by atoms with Crippen molar-refractivity contribution >= 4 is 28.8 Å². The minimum absolute atomic E-state index is 0.0210. The summed E-state index contributed by atoms with van der Waals surface area (Å²) in [4.78, 5) is 1.12. The molecule has 1 atom stereocenters. The van der Waals surface area contributed by atoms with Gasteiger partial charge in [0.15, 0.2) is 0 Å². The van der Waals surface area contributed by atoms with Crippen molar-refractivity contribution in [1.29, 1.82) is 0 Å². The van der Waals surface area contributed by atoms with E-state index in [0.717, 1.165) is 39.3 Å². The summed E-state index contributed by atoms with van der Waals surface area (Å²) in [6.45, 7) is 12.2. The lowest BCUT2D eigenvalue weighted by Gasteiger charge is -2.16. The van der Waals surface area contributed by atoms with Gasteiger partial charge in [0.1, 0.15) is 0 Å². The smallest absolute Gasteiger partial charge is 0.0443 e. The molecule has 0 saturated heterocycles. The molecule has 2 aromatic rings. The second-order valence-electron chi connectivity index (χ2n) is 6.17. The van der Waals surface area contributed by atoms with Crippen LogP contribution in [0, 0.1) is 0 Å². The maximum Gasteiger partial charge on any atom is 0.0443 e. The van der Waals surface area contributed by atoms with Crippen LogP contribution in [-0.2, 0) is 0 Å². The van der Waals surface area contributed by atoms with E-state index in [1.165, 1.54) is 0 Å². The van der Waals surface area contributed by atoms with Crippen LogP contribution in [0.15, 0.2) is 90.9 Å². The lowest BCUT2D eigenvalue weighted by molar-refractivity contribution is 0.799. The van der Waals surface area contributed by atoms with Crippen LogP contribution in [0.5, 0.6) is 0 Å². The second kappa shape index (κ2) is 10.6. The number of hydrogen-bond donors (Lipinski definition) is 2. The summed E-state index contributed by atoms with van der Waals surface area (Å²) in [5.41, 5.74) is 11.5. The Kier molecular flexibility index (Phi) is 8.18. The highest BCUT2D eigenvalue weighted by molar-refractivity contribution is 8.00. The first kappa shape index (κ1) is 20.8. The van der Waals surface area contributed by atoms with Crippen LogP contribution in [0.25, 0.3) is 11.1 Å². The van der Waals surface area contributed by atoms with Crippen molar-refractivity contribution in [2.45, 2.75) is 31.2 Å². The molecular weight excluding hydrogens is 348 g/mol. The molecule has 3 heteroatoms. The molecule has 27 heavy (non-hydrogen) atoms. The molecule has 2 rings (SSSR count). The summed E-state index contributed by atoms with van der Waals surface area (Å²) in [6, 6.07) is 16.5. The minimum Gasteiger partial charge on any atom is -0.326 e. The van der Waals surface area contributed by atoms with E-state index >= 15 is 0 Å². The van der Waals surface area contributed by atoms with Gasteiger partial charge in [0, 0.05) is 16.6 Å². The van der Waals surface area contributed by atoms with E-state index in [2.05, 4.69) is 67.3 Å². The fourth-order valence-electron chi connectivity index (χ4n) is 2.59. The number of benzene rings is 2. The van der Waals surface area contributed by atoms with E-state index in [9.17, 15) is 0 Å². The van der Waals surface area contributed by atoms with E-state index in [4.69, 9.17) is 5.73 Å². The Morgan fingerprint density at radius 2 is 1.89 bits per heavy atom. The summed E-state index contributed by atoms with van der Waals surface area (Å²) in [7, 11) is 0. The van der Waals surface area contributed by atoms with E-state index in [1.807, 2.05) is 37.3 Å². The van der Waals surface area contributed by atoms with Crippen LogP contribution in [-0.4, -0.2) is 6.04 Å². The normalized spacial score (nSPS) is 12.8. The zero-order valence-electron chi connectivity index (χ0n) is 16.1. The first-order valence-corrected chi connectivity index (χ1v) is 9.94. The lowest BCUT2D eigenvalue weighted by atomic mass is 9.99. The van der Waals surface area contributed by atoms with Crippen LogP contribution in [0.3, 0.4) is 0 Å². The second-order valence-corrected chi connectivity index (χ2v) is 7.02. The Labute approximate surface area is 167 Å². The summed E-state index contributed by atoms with van der Waals surface area (Å²) in [5, 5.41) is 0. The highest BCUT2D eigenvalue weighted by atomic mass is 32.2. The molecule has 0 aliphatic carbocycles. The van der Waals surface area contributed by atoms with Gasteiger partial charge in [-0.3, -0.25) is 0 Å². The Hall–Kier alpha value is -2.49. The molecule has 0 amide bonds. The van der Waals surface area contributed by atoms with Crippen molar-refractivity contribution in [3.05, 3.63) is 97.1 Å². The molecule has 3 N–H and O–H groups in total.